The third kappa shape index (κ3) is 4.41. The lowest BCUT2D eigenvalue weighted by atomic mass is 10.1. The van der Waals surface area contributed by atoms with Crippen LogP contribution < -0.4 is 20.1 Å². The minimum Gasteiger partial charge on any atom is -0.486 e. The van der Waals surface area contributed by atoms with Gasteiger partial charge in [-0.15, -0.1) is 11.3 Å². The van der Waals surface area contributed by atoms with Gasteiger partial charge in [-0.2, -0.15) is 0 Å². The number of thiophene rings is 1. The molecular weight excluding hydrogens is 388 g/mol. The van der Waals surface area contributed by atoms with E-state index in [1.165, 1.54) is 11.3 Å². The molecule has 1 aromatic heterocycles. The van der Waals surface area contributed by atoms with Crippen LogP contribution in [0.15, 0.2) is 60.0 Å². The highest BCUT2D eigenvalue weighted by atomic mass is 32.1. The molecule has 2 aromatic carbocycles. The first kappa shape index (κ1) is 19.0. The fourth-order valence-corrected chi connectivity index (χ4v) is 3.65. The lowest BCUT2D eigenvalue weighted by Gasteiger charge is -2.21. The van der Waals surface area contributed by atoms with Gasteiger partial charge in [0.2, 0.25) is 0 Å². The second-order valence-corrected chi connectivity index (χ2v) is 7.56. The number of fused-ring (bicyclic) bond motifs is 1. The van der Waals surface area contributed by atoms with Crippen LogP contribution >= 0.6 is 11.3 Å². The second-order valence-electron chi connectivity index (χ2n) is 6.61. The molecule has 0 bridgehead atoms. The standard InChI is InChI=1S/C22H20N2O4S/c1-14(15-7-8-18-19(13-15)28-10-9-27-18)23-21(25)16-4-2-5-17(12-16)24-22(26)20-6-3-11-29-20/h2-8,11-14H,9-10H2,1H3,(H,23,25)(H,24,26). The zero-order chi connectivity index (χ0) is 20.2. The molecule has 1 aliphatic heterocycles. The summed E-state index contributed by atoms with van der Waals surface area (Å²) in [4.78, 5) is 25.5. The minimum atomic E-state index is -0.223. The molecule has 4 rings (SSSR count). The lowest BCUT2D eigenvalue weighted by molar-refractivity contribution is 0.0938. The Bertz CT molecular complexity index is 1030. The fourth-order valence-electron chi connectivity index (χ4n) is 3.03. The number of carbonyl (C=O) groups is 2. The Hall–Kier alpha value is -3.32. The van der Waals surface area contributed by atoms with Gasteiger partial charge in [0.05, 0.1) is 10.9 Å². The molecule has 0 aliphatic carbocycles. The zero-order valence-electron chi connectivity index (χ0n) is 15.8. The van der Waals surface area contributed by atoms with Gasteiger partial charge >= 0.3 is 0 Å². The normalized spacial score (nSPS) is 13.4. The van der Waals surface area contributed by atoms with Gasteiger partial charge < -0.3 is 20.1 Å². The summed E-state index contributed by atoms with van der Waals surface area (Å²) in [5.74, 6) is 0.989. The summed E-state index contributed by atoms with van der Waals surface area (Å²) >= 11 is 1.37. The number of hydrogen-bond donors (Lipinski definition) is 2. The number of hydrogen-bond acceptors (Lipinski definition) is 5. The van der Waals surface area contributed by atoms with Crippen molar-refractivity contribution in [1.82, 2.24) is 5.32 Å². The fraction of sp³-hybridized carbons (Fsp3) is 0.182. The van der Waals surface area contributed by atoms with E-state index in [9.17, 15) is 9.59 Å². The zero-order valence-corrected chi connectivity index (χ0v) is 16.6. The Morgan fingerprint density at radius 2 is 1.79 bits per heavy atom. The average molecular weight is 408 g/mol. The molecule has 7 heteroatoms. The molecule has 148 valence electrons. The molecular formula is C22H20N2O4S. The highest BCUT2D eigenvalue weighted by Gasteiger charge is 2.17. The molecule has 1 aliphatic rings. The van der Waals surface area contributed by atoms with E-state index >= 15 is 0 Å². The Labute approximate surface area is 172 Å². The van der Waals surface area contributed by atoms with Crippen LogP contribution in [-0.2, 0) is 0 Å². The van der Waals surface area contributed by atoms with Crippen molar-refractivity contribution in [1.29, 1.82) is 0 Å². The third-order valence-electron chi connectivity index (χ3n) is 4.54. The quantitative estimate of drug-likeness (QED) is 0.661. The average Bonchev–Trinajstić information content (AvgIpc) is 3.28. The first-order chi connectivity index (χ1) is 14.1. The molecule has 2 N–H and O–H groups in total. The lowest BCUT2D eigenvalue weighted by Crippen LogP contribution is -2.27. The van der Waals surface area contributed by atoms with Crippen molar-refractivity contribution >= 4 is 28.8 Å². The van der Waals surface area contributed by atoms with E-state index in [-0.39, 0.29) is 17.9 Å². The van der Waals surface area contributed by atoms with Crippen molar-refractivity contribution in [3.8, 4) is 11.5 Å². The van der Waals surface area contributed by atoms with E-state index in [1.807, 2.05) is 36.6 Å². The molecule has 2 amide bonds. The number of rotatable bonds is 5. The molecule has 0 fully saturated rings. The van der Waals surface area contributed by atoms with E-state index in [4.69, 9.17) is 9.47 Å². The maximum absolute atomic E-state index is 12.7. The van der Waals surface area contributed by atoms with E-state index < -0.39 is 0 Å². The van der Waals surface area contributed by atoms with Gasteiger partial charge in [-0.1, -0.05) is 18.2 Å². The van der Waals surface area contributed by atoms with Gasteiger partial charge in [0.25, 0.3) is 11.8 Å². The van der Waals surface area contributed by atoms with E-state index in [0.717, 1.165) is 5.56 Å². The maximum atomic E-state index is 12.7. The van der Waals surface area contributed by atoms with E-state index in [0.29, 0.717) is 40.8 Å². The summed E-state index contributed by atoms with van der Waals surface area (Å²) in [5.41, 5.74) is 1.96. The highest BCUT2D eigenvalue weighted by molar-refractivity contribution is 7.12. The number of anilines is 1. The van der Waals surface area contributed by atoms with Gasteiger partial charge in [0.15, 0.2) is 11.5 Å². The molecule has 2 heterocycles. The van der Waals surface area contributed by atoms with Crippen LogP contribution in [0.4, 0.5) is 5.69 Å². The number of amides is 2. The number of ether oxygens (including phenoxy) is 2. The summed E-state index contributed by atoms with van der Waals surface area (Å²) in [6.45, 7) is 2.96. The SMILES string of the molecule is CC(NC(=O)c1cccc(NC(=O)c2cccs2)c1)c1ccc2c(c1)OCCO2. The van der Waals surface area contributed by atoms with Gasteiger partial charge in [0.1, 0.15) is 13.2 Å². The van der Waals surface area contributed by atoms with Crippen LogP contribution in [0.5, 0.6) is 11.5 Å². The van der Waals surface area contributed by atoms with Crippen LogP contribution in [0.1, 0.15) is 38.6 Å². The van der Waals surface area contributed by atoms with Crippen molar-refractivity contribution in [2.45, 2.75) is 13.0 Å². The second kappa shape index (κ2) is 8.36. The summed E-state index contributed by atoms with van der Waals surface area (Å²) < 4.78 is 11.1. The maximum Gasteiger partial charge on any atom is 0.265 e. The van der Waals surface area contributed by atoms with Crippen molar-refractivity contribution in [3.63, 3.8) is 0 Å². The number of benzene rings is 2. The number of nitrogens with one attached hydrogen (secondary N) is 2. The molecule has 0 radical (unpaired) electrons. The smallest absolute Gasteiger partial charge is 0.265 e. The molecule has 0 saturated carbocycles. The van der Waals surface area contributed by atoms with Crippen molar-refractivity contribution in [3.05, 3.63) is 76.0 Å². The molecule has 0 saturated heterocycles. The Balaban J connectivity index is 1.43. The van der Waals surface area contributed by atoms with Gasteiger partial charge in [-0.05, 0) is 54.3 Å². The monoisotopic (exact) mass is 408 g/mol. The minimum absolute atomic E-state index is 0.192. The van der Waals surface area contributed by atoms with Crippen LogP contribution in [0.3, 0.4) is 0 Å². The molecule has 29 heavy (non-hydrogen) atoms. The predicted octanol–water partition coefficient (Wildman–Crippen LogP) is 4.26. The Kier molecular flexibility index (Phi) is 5.48. The van der Waals surface area contributed by atoms with Crippen molar-refractivity contribution in [2.75, 3.05) is 18.5 Å². The van der Waals surface area contributed by atoms with Crippen molar-refractivity contribution in [2.24, 2.45) is 0 Å². The Morgan fingerprint density at radius 3 is 2.59 bits per heavy atom. The van der Waals surface area contributed by atoms with Gasteiger partial charge in [-0.3, -0.25) is 9.59 Å². The highest BCUT2D eigenvalue weighted by Crippen LogP contribution is 2.32. The molecule has 6 nitrogen and oxygen atoms in total. The van der Waals surface area contributed by atoms with Gasteiger partial charge in [-0.25, -0.2) is 0 Å². The van der Waals surface area contributed by atoms with Crippen LogP contribution in [-0.4, -0.2) is 25.0 Å². The first-order valence-electron chi connectivity index (χ1n) is 9.25. The summed E-state index contributed by atoms with van der Waals surface area (Å²) in [6, 6.07) is 15.9. The molecule has 1 unspecified atom stereocenters. The summed E-state index contributed by atoms with van der Waals surface area (Å²) in [5, 5.41) is 7.65. The molecule has 3 aromatic rings. The predicted molar refractivity (Wildman–Crippen MR) is 112 cm³/mol. The third-order valence-corrected chi connectivity index (χ3v) is 5.41. The summed E-state index contributed by atoms with van der Waals surface area (Å²) in [6.07, 6.45) is 0. The van der Waals surface area contributed by atoms with E-state index in [1.54, 1.807) is 30.3 Å². The Morgan fingerprint density at radius 1 is 0.966 bits per heavy atom. The van der Waals surface area contributed by atoms with E-state index in [2.05, 4.69) is 10.6 Å². The first-order valence-corrected chi connectivity index (χ1v) is 10.1. The summed E-state index contributed by atoms with van der Waals surface area (Å²) in [7, 11) is 0. The van der Waals surface area contributed by atoms with Crippen LogP contribution in [0.2, 0.25) is 0 Å². The molecule has 0 spiro atoms. The topological polar surface area (TPSA) is 76.7 Å². The van der Waals surface area contributed by atoms with Gasteiger partial charge in [0, 0.05) is 11.3 Å². The van der Waals surface area contributed by atoms with Crippen molar-refractivity contribution < 1.29 is 19.1 Å². The molecule has 1 atom stereocenters. The van der Waals surface area contributed by atoms with Crippen LogP contribution in [0, 0.1) is 0 Å². The largest absolute Gasteiger partial charge is 0.486 e. The van der Waals surface area contributed by atoms with Crippen LogP contribution in [0.25, 0.3) is 0 Å². The number of carbonyl (C=O) groups excluding carboxylic acids is 2.